The molecule has 152 valence electrons. The van der Waals surface area contributed by atoms with Gasteiger partial charge in [0.05, 0.1) is 11.4 Å². The number of rotatable bonds is 8. The molecule has 2 aromatic carbocycles. The predicted molar refractivity (Wildman–Crippen MR) is 111 cm³/mol. The third-order valence-corrected chi connectivity index (χ3v) is 4.09. The molecule has 2 amide bonds. The molecule has 0 aromatic heterocycles. The van der Waals surface area contributed by atoms with Crippen molar-refractivity contribution in [3.05, 3.63) is 59.7 Å². The topological polar surface area (TPSA) is 123 Å². The first-order valence-electron chi connectivity index (χ1n) is 9.11. The summed E-state index contributed by atoms with van der Waals surface area (Å²) in [7, 11) is 0. The van der Waals surface area contributed by atoms with E-state index < -0.39 is 0 Å². The summed E-state index contributed by atoms with van der Waals surface area (Å²) in [5.74, 6) is -0.499. The van der Waals surface area contributed by atoms with Gasteiger partial charge in [-0.1, -0.05) is 24.3 Å². The SMILES string of the molecule is C/C(=N/NC(=O)CCCC(=O)N/N=C(\C)c1ccccc1O)c1ccccc1O. The lowest BCUT2D eigenvalue weighted by Gasteiger charge is -2.05. The van der Waals surface area contributed by atoms with Gasteiger partial charge in [0.25, 0.3) is 0 Å². The number of phenols is 2. The molecule has 0 unspecified atom stereocenters. The van der Waals surface area contributed by atoms with Crippen LogP contribution in [0.15, 0.2) is 58.7 Å². The highest BCUT2D eigenvalue weighted by molar-refractivity contribution is 6.02. The summed E-state index contributed by atoms with van der Waals surface area (Å²) >= 11 is 0. The summed E-state index contributed by atoms with van der Waals surface area (Å²) in [6, 6.07) is 13.4. The van der Waals surface area contributed by atoms with Crippen LogP contribution in [0.2, 0.25) is 0 Å². The molecule has 8 nitrogen and oxygen atoms in total. The minimum atomic E-state index is -0.332. The van der Waals surface area contributed by atoms with Crippen LogP contribution in [-0.2, 0) is 9.59 Å². The van der Waals surface area contributed by atoms with Crippen LogP contribution in [-0.4, -0.2) is 33.5 Å². The van der Waals surface area contributed by atoms with Gasteiger partial charge in [-0.25, -0.2) is 10.9 Å². The van der Waals surface area contributed by atoms with Gasteiger partial charge >= 0.3 is 0 Å². The zero-order chi connectivity index (χ0) is 21.2. The summed E-state index contributed by atoms with van der Waals surface area (Å²) < 4.78 is 0. The third-order valence-electron chi connectivity index (χ3n) is 4.09. The van der Waals surface area contributed by atoms with Crippen LogP contribution >= 0.6 is 0 Å². The van der Waals surface area contributed by atoms with E-state index in [1.165, 1.54) is 12.1 Å². The summed E-state index contributed by atoms with van der Waals surface area (Å²) in [5, 5.41) is 27.5. The van der Waals surface area contributed by atoms with Gasteiger partial charge in [-0.15, -0.1) is 0 Å². The molecule has 4 N–H and O–H groups in total. The minimum Gasteiger partial charge on any atom is -0.507 e. The lowest BCUT2D eigenvalue weighted by atomic mass is 10.1. The fourth-order valence-electron chi connectivity index (χ4n) is 2.49. The molecular weight excluding hydrogens is 372 g/mol. The van der Waals surface area contributed by atoms with Crippen molar-refractivity contribution in [1.82, 2.24) is 10.9 Å². The van der Waals surface area contributed by atoms with E-state index >= 15 is 0 Å². The molecule has 0 radical (unpaired) electrons. The number of para-hydroxylation sites is 2. The number of aromatic hydroxyl groups is 2. The van der Waals surface area contributed by atoms with Crippen LogP contribution in [0.3, 0.4) is 0 Å². The van der Waals surface area contributed by atoms with Crippen LogP contribution in [0.1, 0.15) is 44.2 Å². The van der Waals surface area contributed by atoms with Crippen molar-refractivity contribution >= 4 is 23.2 Å². The average Bonchev–Trinajstić information content (AvgIpc) is 2.71. The van der Waals surface area contributed by atoms with E-state index in [4.69, 9.17) is 0 Å². The Hall–Kier alpha value is -3.68. The molecule has 29 heavy (non-hydrogen) atoms. The van der Waals surface area contributed by atoms with Crippen molar-refractivity contribution in [1.29, 1.82) is 0 Å². The van der Waals surface area contributed by atoms with Gasteiger partial charge in [-0.2, -0.15) is 10.2 Å². The van der Waals surface area contributed by atoms with Gasteiger partial charge in [0.2, 0.25) is 11.8 Å². The molecule has 0 aliphatic rings. The van der Waals surface area contributed by atoms with Crippen molar-refractivity contribution in [2.24, 2.45) is 10.2 Å². The Balaban J connectivity index is 1.75. The zero-order valence-corrected chi connectivity index (χ0v) is 16.3. The molecule has 0 aliphatic heterocycles. The number of hydrogen-bond acceptors (Lipinski definition) is 6. The van der Waals surface area contributed by atoms with E-state index in [0.29, 0.717) is 29.0 Å². The van der Waals surface area contributed by atoms with Crippen molar-refractivity contribution in [2.45, 2.75) is 33.1 Å². The van der Waals surface area contributed by atoms with Gasteiger partial charge in [0.1, 0.15) is 11.5 Å². The molecular formula is C21H24N4O4. The number of phenolic OH excluding ortho intramolecular Hbond substituents is 2. The lowest BCUT2D eigenvalue weighted by molar-refractivity contribution is -0.122. The number of carbonyl (C=O) groups excluding carboxylic acids is 2. The van der Waals surface area contributed by atoms with Gasteiger partial charge in [0, 0.05) is 24.0 Å². The third kappa shape index (κ3) is 6.76. The molecule has 0 heterocycles. The fraction of sp³-hybridized carbons (Fsp3) is 0.238. The largest absolute Gasteiger partial charge is 0.507 e. The number of nitrogens with zero attached hydrogens (tertiary/aromatic N) is 2. The first-order valence-corrected chi connectivity index (χ1v) is 9.11. The number of carbonyl (C=O) groups is 2. The molecule has 8 heteroatoms. The first-order chi connectivity index (χ1) is 13.9. The van der Waals surface area contributed by atoms with Crippen LogP contribution < -0.4 is 10.9 Å². The van der Waals surface area contributed by atoms with Crippen molar-refractivity contribution < 1.29 is 19.8 Å². The Bertz CT molecular complexity index is 862. The van der Waals surface area contributed by atoms with Crippen LogP contribution in [0.4, 0.5) is 0 Å². The maximum atomic E-state index is 11.9. The average molecular weight is 396 g/mol. The second-order valence-electron chi connectivity index (χ2n) is 6.35. The number of nitrogens with one attached hydrogen (secondary N) is 2. The number of hydrogen-bond donors (Lipinski definition) is 4. The second kappa shape index (κ2) is 10.6. The summed E-state index contributed by atoms with van der Waals surface area (Å²) in [6.07, 6.45) is 0.564. The first kappa shape index (κ1) is 21.6. The van der Waals surface area contributed by atoms with Gasteiger partial charge in [0.15, 0.2) is 0 Å². The number of hydrazone groups is 2. The Morgan fingerprint density at radius 2 is 1.14 bits per heavy atom. The van der Waals surface area contributed by atoms with Crippen LogP contribution in [0.5, 0.6) is 11.5 Å². The zero-order valence-electron chi connectivity index (χ0n) is 16.3. The maximum absolute atomic E-state index is 11.9. The highest BCUT2D eigenvalue weighted by Gasteiger charge is 2.08. The van der Waals surface area contributed by atoms with Gasteiger partial charge in [-0.3, -0.25) is 9.59 Å². The van der Waals surface area contributed by atoms with Crippen molar-refractivity contribution in [3.63, 3.8) is 0 Å². The Kier molecular flexibility index (Phi) is 7.90. The van der Waals surface area contributed by atoms with Gasteiger partial charge < -0.3 is 10.2 Å². The molecule has 0 bridgehead atoms. The van der Waals surface area contributed by atoms with E-state index in [0.717, 1.165) is 0 Å². The van der Waals surface area contributed by atoms with Crippen molar-refractivity contribution in [2.75, 3.05) is 0 Å². The van der Waals surface area contributed by atoms with E-state index in [9.17, 15) is 19.8 Å². The quantitative estimate of drug-likeness (QED) is 0.404. The Labute approximate surface area is 169 Å². The lowest BCUT2D eigenvalue weighted by Crippen LogP contribution is -2.22. The van der Waals surface area contributed by atoms with E-state index in [1.807, 2.05) is 0 Å². The van der Waals surface area contributed by atoms with E-state index in [-0.39, 0.29) is 36.2 Å². The van der Waals surface area contributed by atoms with Crippen LogP contribution in [0, 0.1) is 0 Å². The summed E-state index contributed by atoms with van der Waals surface area (Å²) in [6.45, 7) is 3.35. The molecule has 0 aliphatic carbocycles. The minimum absolute atomic E-state index is 0.0827. The predicted octanol–water partition coefficient (Wildman–Crippen LogP) is 2.65. The fourth-order valence-corrected chi connectivity index (χ4v) is 2.49. The summed E-state index contributed by atoms with van der Waals surface area (Å²) in [5.41, 5.74) is 6.84. The second-order valence-corrected chi connectivity index (χ2v) is 6.35. The standard InChI is InChI=1S/C21H24N4O4/c1-14(16-8-3-5-10-18(16)26)22-24-20(28)12-7-13-21(29)25-23-15(2)17-9-4-6-11-19(17)27/h3-6,8-11,26-27H,7,12-13H2,1-2H3,(H,24,28)(H,25,29)/b22-14-,23-15+. The maximum Gasteiger partial charge on any atom is 0.240 e. The Morgan fingerprint density at radius 1 is 0.759 bits per heavy atom. The molecule has 2 rings (SSSR count). The van der Waals surface area contributed by atoms with Crippen LogP contribution in [0.25, 0.3) is 0 Å². The highest BCUT2D eigenvalue weighted by Crippen LogP contribution is 2.17. The van der Waals surface area contributed by atoms with Crippen molar-refractivity contribution in [3.8, 4) is 11.5 Å². The number of amides is 2. The normalized spacial score (nSPS) is 11.8. The smallest absolute Gasteiger partial charge is 0.240 e. The Morgan fingerprint density at radius 3 is 1.52 bits per heavy atom. The van der Waals surface area contributed by atoms with E-state index in [1.54, 1.807) is 50.2 Å². The molecule has 0 spiro atoms. The molecule has 2 aromatic rings. The van der Waals surface area contributed by atoms with E-state index in [2.05, 4.69) is 21.1 Å². The molecule has 0 atom stereocenters. The number of benzene rings is 2. The molecule has 0 saturated carbocycles. The van der Waals surface area contributed by atoms with Gasteiger partial charge in [-0.05, 0) is 44.5 Å². The monoisotopic (exact) mass is 396 g/mol. The molecule has 0 saturated heterocycles. The highest BCUT2D eigenvalue weighted by atomic mass is 16.3. The summed E-state index contributed by atoms with van der Waals surface area (Å²) in [4.78, 5) is 23.7. The molecule has 0 fully saturated rings.